The molecule has 0 bridgehead atoms. The molecule has 2 rings (SSSR count). The fourth-order valence-electron chi connectivity index (χ4n) is 2.48. The van der Waals surface area contributed by atoms with E-state index in [4.69, 9.17) is 0 Å². The molecular weight excluding hydrogens is 257 g/mol. The summed E-state index contributed by atoms with van der Waals surface area (Å²) >= 11 is 0. The van der Waals surface area contributed by atoms with Crippen molar-refractivity contribution in [1.29, 1.82) is 0 Å². The van der Waals surface area contributed by atoms with Gasteiger partial charge in [-0.2, -0.15) is 0 Å². The van der Waals surface area contributed by atoms with Gasteiger partial charge in [0.1, 0.15) is 5.82 Å². The van der Waals surface area contributed by atoms with E-state index in [-0.39, 0.29) is 18.3 Å². The maximum atomic E-state index is 13.0. The van der Waals surface area contributed by atoms with E-state index in [2.05, 4.69) is 22.5 Å². The second-order valence-electron chi connectivity index (χ2n) is 5.28. The van der Waals surface area contributed by atoms with Gasteiger partial charge in [0, 0.05) is 18.3 Å². The first kappa shape index (κ1) is 14.9. The zero-order valence-corrected chi connectivity index (χ0v) is 11.9. The van der Waals surface area contributed by atoms with Crippen LogP contribution in [-0.4, -0.2) is 43.0 Å². The predicted octanol–water partition coefficient (Wildman–Crippen LogP) is 1.84. The summed E-state index contributed by atoms with van der Waals surface area (Å²) in [6.07, 6.45) is 2.54. The molecule has 0 aromatic heterocycles. The first-order valence-electron chi connectivity index (χ1n) is 7.15. The molecule has 1 aromatic rings. The number of anilines is 1. The Morgan fingerprint density at radius 1 is 1.40 bits per heavy atom. The minimum absolute atomic E-state index is 0.149. The lowest BCUT2D eigenvalue weighted by Gasteiger charge is -2.23. The third-order valence-corrected chi connectivity index (χ3v) is 3.60. The first-order valence-corrected chi connectivity index (χ1v) is 7.15. The number of hydrogen-bond donors (Lipinski definition) is 2. The van der Waals surface area contributed by atoms with Crippen molar-refractivity contribution >= 4 is 11.6 Å². The number of likely N-dealkylation sites (tertiary alicyclic amines) is 1. The molecule has 20 heavy (non-hydrogen) atoms. The number of nitrogens with one attached hydrogen (secondary N) is 2. The van der Waals surface area contributed by atoms with Crippen LogP contribution in [0.5, 0.6) is 0 Å². The van der Waals surface area contributed by atoms with Crippen molar-refractivity contribution in [2.45, 2.75) is 25.8 Å². The van der Waals surface area contributed by atoms with E-state index in [0.717, 1.165) is 19.6 Å². The van der Waals surface area contributed by atoms with Gasteiger partial charge in [-0.3, -0.25) is 9.69 Å². The SMILES string of the molecule is CC(CNCC(=O)Nc1cccc(F)c1)N1CCCC1. The maximum Gasteiger partial charge on any atom is 0.238 e. The van der Waals surface area contributed by atoms with Gasteiger partial charge in [0.2, 0.25) is 5.91 Å². The molecule has 1 saturated heterocycles. The summed E-state index contributed by atoms with van der Waals surface area (Å²) in [6, 6.07) is 6.36. The number of halogens is 1. The molecule has 2 N–H and O–H groups in total. The van der Waals surface area contributed by atoms with Crippen LogP contribution in [0.2, 0.25) is 0 Å². The molecule has 1 aliphatic rings. The number of carbonyl (C=O) groups excluding carboxylic acids is 1. The van der Waals surface area contributed by atoms with Crippen LogP contribution in [0, 0.1) is 5.82 Å². The first-order chi connectivity index (χ1) is 9.65. The number of carbonyl (C=O) groups is 1. The predicted molar refractivity (Wildman–Crippen MR) is 78.2 cm³/mol. The minimum atomic E-state index is -0.349. The Hall–Kier alpha value is -1.46. The number of nitrogens with zero attached hydrogens (tertiary/aromatic N) is 1. The standard InChI is InChI=1S/C15H22FN3O/c1-12(19-7-2-3-8-19)10-17-11-15(20)18-14-6-4-5-13(16)9-14/h4-6,9,12,17H,2-3,7-8,10-11H2,1H3,(H,18,20). The van der Waals surface area contributed by atoms with E-state index in [1.807, 2.05) is 0 Å². The highest BCUT2D eigenvalue weighted by molar-refractivity contribution is 5.92. The Labute approximate surface area is 119 Å². The van der Waals surface area contributed by atoms with Gasteiger partial charge in [0.25, 0.3) is 0 Å². The van der Waals surface area contributed by atoms with Crippen molar-refractivity contribution in [2.24, 2.45) is 0 Å². The van der Waals surface area contributed by atoms with Crippen molar-refractivity contribution in [3.63, 3.8) is 0 Å². The largest absolute Gasteiger partial charge is 0.325 e. The highest BCUT2D eigenvalue weighted by Gasteiger charge is 2.17. The highest BCUT2D eigenvalue weighted by atomic mass is 19.1. The summed E-state index contributed by atoms with van der Waals surface area (Å²) < 4.78 is 13.0. The van der Waals surface area contributed by atoms with Crippen molar-refractivity contribution in [3.05, 3.63) is 30.1 Å². The minimum Gasteiger partial charge on any atom is -0.325 e. The second-order valence-corrected chi connectivity index (χ2v) is 5.28. The summed E-state index contributed by atoms with van der Waals surface area (Å²) in [4.78, 5) is 14.1. The number of hydrogen-bond acceptors (Lipinski definition) is 3. The topological polar surface area (TPSA) is 44.4 Å². The molecular formula is C15H22FN3O. The van der Waals surface area contributed by atoms with Gasteiger partial charge in [-0.1, -0.05) is 6.07 Å². The Bertz CT molecular complexity index is 446. The molecule has 1 aliphatic heterocycles. The average Bonchev–Trinajstić information content (AvgIpc) is 2.92. The zero-order valence-electron chi connectivity index (χ0n) is 11.9. The van der Waals surface area contributed by atoms with Crippen molar-refractivity contribution in [2.75, 3.05) is 31.5 Å². The quantitative estimate of drug-likeness (QED) is 0.835. The van der Waals surface area contributed by atoms with Gasteiger partial charge < -0.3 is 10.6 Å². The van der Waals surface area contributed by atoms with Gasteiger partial charge in [-0.15, -0.1) is 0 Å². The maximum absolute atomic E-state index is 13.0. The molecule has 0 aliphatic carbocycles. The molecule has 1 amide bonds. The molecule has 1 atom stereocenters. The number of amides is 1. The van der Waals surface area contributed by atoms with E-state index in [9.17, 15) is 9.18 Å². The summed E-state index contributed by atoms with van der Waals surface area (Å²) in [6.45, 7) is 5.50. The van der Waals surface area contributed by atoms with E-state index in [1.165, 1.54) is 25.0 Å². The Morgan fingerprint density at radius 3 is 2.85 bits per heavy atom. The van der Waals surface area contributed by atoms with Crippen LogP contribution in [0.4, 0.5) is 10.1 Å². The van der Waals surface area contributed by atoms with Gasteiger partial charge in [-0.25, -0.2) is 4.39 Å². The van der Waals surface area contributed by atoms with Crippen molar-refractivity contribution in [3.8, 4) is 0 Å². The van der Waals surface area contributed by atoms with Crippen LogP contribution in [0.1, 0.15) is 19.8 Å². The molecule has 1 aromatic carbocycles. The highest BCUT2D eigenvalue weighted by Crippen LogP contribution is 2.11. The van der Waals surface area contributed by atoms with Crippen LogP contribution in [0.25, 0.3) is 0 Å². The summed E-state index contributed by atoms with van der Waals surface area (Å²) in [5.74, 6) is -0.498. The molecule has 110 valence electrons. The van der Waals surface area contributed by atoms with Crippen LogP contribution >= 0.6 is 0 Å². The number of benzene rings is 1. The smallest absolute Gasteiger partial charge is 0.238 e. The molecule has 5 heteroatoms. The zero-order chi connectivity index (χ0) is 14.4. The van der Waals surface area contributed by atoms with E-state index in [1.54, 1.807) is 12.1 Å². The van der Waals surface area contributed by atoms with Crippen LogP contribution in [-0.2, 0) is 4.79 Å². The van der Waals surface area contributed by atoms with Crippen LogP contribution in [0.3, 0.4) is 0 Å². The summed E-state index contributed by atoms with van der Waals surface area (Å²) in [5, 5.41) is 5.82. The fourth-order valence-corrected chi connectivity index (χ4v) is 2.48. The summed E-state index contributed by atoms with van der Waals surface area (Å²) in [7, 11) is 0. The van der Waals surface area contributed by atoms with E-state index >= 15 is 0 Å². The second kappa shape index (κ2) is 7.36. The molecule has 0 saturated carbocycles. The van der Waals surface area contributed by atoms with Gasteiger partial charge in [0.15, 0.2) is 0 Å². The molecule has 0 spiro atoms. The lowest BCUT2D eigenvalue weighted by molar-refractivity contribution is -0.115. The Morgan fingerprint density at radius 2 is 2.15 bits per heavy atom. The van der Waals surface area contributed by atoms with Gasteiger partial charge in [0.05, 0.1) is 6.54 Å². The van der Waals surface area contributed by atoms with Crippen LogP contribution in [0.15, 0.2) is 24.3 Å². The van der Waals surface area contributed by atoms with Crippen molar-refractivity contribution in [1.82, 2.24) is 10.2 Å². The molecule has 1 heterocycles. The molecule has 1 unspecified atom stereocenters. The van der Waals surface area contributed by atoms with Crippen LogP contribution < -0.4 is 10.6 Å². The lowest BCUT2D eigenvalue weighted by Crippen LogP contribution is -2.40. The fraction of sp³-hybridized carbons (Fsp3) is 0.533. The third-order valence-electron chi connectivity index (χ3n) is 3.60. The lowest BCUT2D eigenvalue weighted by atomic mass is 10.3. The summed E-state index contributed by atoms with van der Waals surface area (Å²) in [5.41, 5.74) is 0.490. The monoisotopic (exact) mass is 279 g/mol. The van der Waals surface area contributed by atoms with E-state index in [0.29, 0.717) is 11.7 Å². The normalized spacial score (nSPS) is 17.1. The molecule has 0 radical (unpaired) electrons. The van der Waals surface area contributed by atoms with Gasteiger partial charge in [-0.05, 0) is 51.1 Å². The molecule has 1 fully saturated rings. The number of rotatable bonds is 6. The van der Waals surface area contributed by atoms with E-state index < -0.39 is 0 Å². The average molecular weight is 279 g/mol. The molecule has 4 nitrogen and oxygen atoms in total. The third kappa shape index (κ3) is 4.58. The Balaban J connectivity index is 1.67. The Kier molecular flexibility index (Phi) is 5.49. The van der Waals surface area contributed by atoms with Gasteiger partial charge >= 0.3 is 0 Å². The van der Waals surface area contributed by atoms with Crippen molar-refractivity contribution < 1.29 is 9.18 Å².